The number of rotatable bonds is 10. The number of aromatic nitrogens is 4. The van der Waals surface area contributed by atoms with Crippen LogP contribution in [0.25, 0.3) is 11.4 Å². The molecule has 0 unspecified atom stereocenters. The third-order valence-electron chi connectivity index (χ3n) is 7.58. The van der Waals surface area contributed by atoms with Crippen LogP contribution in [0.15, 0.2) is 48.5 Å². The van der Waals surface area contributed by atoms with Crippen molar-refractivity contribution in [1.29, 1.82) is 0 Å². The summed E-state index contributed by atoms with van der Waals surface area (Å²) in [5.74, 6) is 0.914. The van der Waals surface area contributed by atoms with Gasteiger partial charge < -0.3 is 15.5 Å². The van der Waals surface area contributed by atoms with Crippen LogP contribution >= 0.6 is 0 Å². The molecule has 3 aromatic rings. The van der Waals surface area contributed by atoms with Crippen LogP contribution in [0.2, 0.25) is 0 Å². The Kier molecular flexibility index (Phi) is 8.08. The molecule has 196 valence electrons. The van der Waals surface area contributed by atoms with E-state index >= 15 is 0 Å². The Labute approximate surface area is 217 Å². The molecule has 9 heteroatoms. The van der Waals surface area contributed by atoms with Crippen LogP contribution in [0.5, 0.6) is 0 Å². The molecule has 5 rings (SSSR count). The lowest BCUT2D eigenvalue weighted by Gasteiger charge is -2.36. The standard InChI is InChI=1S/C28H36FN7O/c1-35-27(32-33-34-35)21-8-4-9-24(18-21)30-28(37)31-26-10-3-2-7-22(26)19-36(25-15-16-25)17-5-6-20-11-13-23(29)14-12-20/h4,8-9,11-14,18,22,25-26H,2-3,5-7,10,15-17,19H2,1H3,(H2,30,31,37)/t22-,26+/m0/s1. The van der Waals surface area contributed by atoms with Crippen LogP contribution in [0, 0.1) is 11.7 Å². The monoisotopic (exact) mass is 505 g/mol. The first kappa shape index (κ1) is 25.3. The summed E-state index contributed by atoms with van der Waals surface area (Å²) in [6.07, 6.45) is 9.05. The summed E-state index contributed by atoms with van der Waals surface area (Å²) in [5.41, 5.74) is 2.75. The summed E-state index contributed by atoms with van der Waals surface area (Å²) in [7, 11) is 1.79. The average molecular weight is 506 g/mol. The molecule has 2 atom stereocenters. The average Bonchev–Trinajstić information content (AvgIpc) is 3.65. The summed E-state index contributed by atoms with van der Waals surface area (Å²) in [6, 6.07) is 15.1. The molecular weight excluding hydrogens is 469 g/mol. The number of carbonyl (C=O) groups is 1. The molecule has 1 aromatic heterocycles. The Hall–Kier alpha value is -3.33. The van der Waals surface area contributed by atoms with Crippen molar-refractivity contribution in [3.8, 4) is 11.4 Å². The van der Waals surface area contributed by atoms with Gasteiger partial charge in [0.1, 0.15) is 5.82 Å². The van der Waals surface area contributed by atoms with E-state index in [-0.39, 0.29) is 17.9 Å². The Balaban J connectivity index is 1.15. The molecule has 2 saturated carbocycles. The number of aryl methyl sites for hydroxylation is 2. The molecule has 0 spiro atoms. The zero-order chi connectivity index (χ0) is 25.6. The number of urea groups is 1. The van der Waals surface area contributed by atoms with Gasteiger partial charge in [-0.05, 0) is 91.2 Å². The Morgan fingerprint density at radius 3 is 2.68 bits per heavy atom. The molecular formula is C28H36FN7O. The molecule has 0 bridgehead atoms. The Morgan fingerprint density at radius 2 is 1.92 bits per heavy atom. The number of carbonyl (C=O) groups excluding carboxylic acids is 1. The summed E-state index contributed by atoms with van der Waals surface area (Å²) >= 11 is 0. The minimum Gasteiger partial charge on any atom is -0.335 e. The summed E-state index contributed by atoms with van der Waals surface area (Å²) in [6.45, 7) is 2.06. The molecule has 0 saturated heterocycles. The molecule has 2 aliphatic rings. The molecule has 2 N–H and O–H groups in total. The summed E-state index contributed by atoms with van der Waals surface area (Å²) < 4.78 is 14.8. The van der Waals surface area contributed by atoms with E-state index in [2.05, 4.69) is 31.1 Å². The van der Waals surface area contributed by atoms with Gasteiger partial charge in [-0.2, -0.15) is 0 Å². The fourth-order valence-corrected chi connectivity index (χ4v) is 5.46. The summed E-state index contributed by atoms with van der Waals surface area (Å²) in [5, 5.41) is 17.9. The Morgan fingerprint density at radius 1 is 1.11 bits per heavy atom. The molecule has 2 amide bonds. The minimum atomic E-state index is -0.182. The van der Waals surface area contributed by atoms with Crippen LogP contribution in [0.3, 0.4) is 0 Å². The zero-order valence-electron chi connectivity index (χ0n) is 21.4. The molecule has 0 aliphatic heterocycles. The van der Waals surface area contributed by atoms with Gasteiger partial charge in [0.2, 0.25) is 0 Å². The normalized spacial score (nSPS) is 19.6. The largest absolute Gasteiger partial charge is 0.335 e. The number of nitrogens with one attached hydrogen (secondary N) is 2. The van der Waals surface area contributed by atoms with Crippen molar-refractivity contribution in [2.24, 2.45) is 13.0 Å². The molecule has 8 nitrogen and oxygen atoms in total. The van der Waals surface area contributed by atoms with E-state index in [0.717, 1.165) is 50.8 Å². The second kappa shape index (κ2) is 11.8. The quantitative estimate of drug-likeness (QED) is 0.414. The zero-order valence-corrected chi connectivity index (χ0v) is 21.4. The number of halogens is 1. The second-order valence-electron chi connectivity index (χ2n) is 10.4. The predicted molar refractivity (Wildman–Crippen MR) is 141 cm³/mol. The maximum Gasteiger partial charge on any atom is 0.319 e. The first-order valence-electron chi connectivity index (χ1n) is 13.4. The van der Waals surface area contributed by atoms with Crippen LogP contribution < -0.4 is 10.6 Å². The maximum atomic E-state index is 13.2. The van der Waals surface area contributed by atoms with Gasteiger partial charge in [-0.25, -0.2) is 13.9 Å². The van der Waals surface area contributed by atoms with E-state index < -0.39 is 0 Å². The molecule has 2 fully saturated rings. The smallest absolute Gasteiger partial charge is 0.319 e. The van der Waals surface area contributed by atoms with Gasteiger partial charge in [0.25, 0.3) is 0 Å². The number of hydrogen-bond acceptors (Lipinski definition) is 5. The SMILES string of the molecule is Cn1nnnc1-c1cccc(NC(=O)N[C@@H]2CCCC[C@H]2CN(CCCc2ccc(F)cc2)C2CC2)c1. The van der Waals surface area contributed by atoms with Crippen molar-refractivity contribution in [2.45, 2.75) is 63.5 Å². The minimum absolute atomic E-state index is 0.165. The third-order valence-corrected chi connectivity index (χ3v) is 7.58. The lowest BCUT2D eigenvalue weighted by molar-refractivity contribution is 0.162. The lowest BCUT2D eigenvalue weighted by atomic mass is 9.84. The topological polar surface area (TPSA) is 88.0 Å². The van der Waals surface area contributed by atoms with Crippen molar-refractivity contribution >= 4 is 11.7 Å². The van der Waals surface area contributed by atoms with Crippen molar-refractivity contribution < 1.29 is 9.18 Å². The van der Waals surface area contributed by atoms with Gasteiger partial charge in [-0.3, -0.25) is 0 Å². The third kappa shape index (κ3) is 6.91. The fourth-order valence-electron chi connectivity index (χ4n) is 5.46. The molecule has 2 aliphatic carbocycles. The Bertz CT molecular complexity index is 1180. The number of hydrogen-bond donors (Lipinski definition) is 2. The lowest BCUT2D eigenvalue weighted by Crippen LogP contribution is -2.48. The molecule has 37 heavy (non-hydrogen) atoms. The van der Waals surface area contributed by atoms with Gasteiger partial charge in [-0.1, -0.05) is 37.1 Å². The number of amides is 2. The number of anilines is 1. The molecule has 1 heterocycles. The van der Waals surface area contributed by atoms with Gasteiger partial charge in [0, 0.05) is 36.9 Å². The van der Waals surface area contributed by atoms with E-state index in [0.29, 0.717) is 23.5 Å². The van der Waals surface area contributed by atoms with E-state index in [1.54, 1.807) is 23.9 Å². The highest BCUT2D eigenvalue weighted by Gasteiger charge is 2.34. The fraction of sp³-hybridized carbons (Fsp3) is 0.500. The van der Waals surface area contributed by atoms with Crippen molar-refractivity contribution in [3.05, 3.63) is 59.9 Å². The van der Waals surface area contributed by atoms with E-state index in [9.17, 15) is 9.18 Å². The van der Waals surface area contributed by atoms with Crippen LogP contribution in [0.4, 0.5) is 14.9 Å². The predicted octanol–water partition coefficient (Wildman–Crippen LogP) is 4.79. The molecule has 2 aromatic carbocycles. The van der Waals surface area contributed by atoms with Crippen molar-refractivity contribution in [1.82, 2.24) is 30.4 Å². The highest BCUT2D eigenvalue weighted by molar-refractivity contribution is 5.90. The van der Waals surface area contributed by atoms with E-state index in [4.69, 9.17) is 0 Å². The van der Waals surface area contributed by atoms with Crippen LogP contribution in [-0.2, 0) is 13.5 Å². The van der Waals surface area contributed by atoms with Gasteiger partial charge in [0.15, 0.2) is 5.82 Å². The molecule has 0 radical (unpaired) electrons. The highest BCUT2D eigenvalue weighted by Crippen LogP contribution is 2.32. The van der Waals surface area contributed by atoms with E-state index in [1.165, 1.54) is 24.8 Å². The van der Waals surface area contributed by atoms with E-state index in [1.807, 2.05) is 36.4 Å². The van der Waals surface area contributed by atoms with Crippen molar-refractivity contribution in [3.63, 3.8) is 0 Å². The van der Waals surface area contributed by atoms with Crippen molar-refractivity contribution in [2.75, 3.05) is 18.4 Å². The number of nitrogens with zero attached hydrogens (tertiary/aromatic N) is 5. The number of tetrazole rings is 1. The first-order chi connectivity index (χ1) is 18.0. The van der Waals surface area contributed by atoms with Gasteiger partial charge >= 0.3 is 6.03 Å². The summed E-state index contributed by atoms with van der Waals surface area (Å²) in [4.78, 5) is 15.6. The van der Waals surface area contributed by atoms with Gasteiger partial charge in [-0.15, -0.1) is 5.10 Å². The van der Waals surface area contributed by atoms with Crippen LogP contribution in [0.1, 0.15) is 50.5 Å². The number of benzene rings is 2. The first-order valence-corrected chi connectivity index (χ1v) is 13.4. The maximum absolute atomic E-state index is 13.2. The highest BCUT2D eigenvalue weighted by atomic mass is 19.1. The van der Waals surface area contributed by atoms with Gasteiger partial charge in [0.05, 0.1) is 0 Å². The van der Waals surface area contributed by atoms with Crippen LogP contribution in [-0.4, -0.2) is 56.3 Å². The second-order valence-corrected chi connectivity index (χ2v) is 10.4.